The van der Waals surface area contributed by atoms with Crippen molar-refractivity contribution in [2.75, 3.05) is 30.9 Å². The van der Waals surface area contributed by atoms with Crippen LogP contribution in [0.25, 0.3) is 0 Å². The van der Waals surface area contributed by atoms with Crippen LogP contribution in [0.2, 0.25) is 0 Å². The van der Waals surface area contributed by atoms with Crippen molar-refractivity contribution in [2.45, 2.75) is 50.2 Å². The Balaban J connectivity index is 1.34. The molecule has 1 saturated carbocycles. The highest BCUT2D eigenvalue weighted by Gasteiger charge is 2.33. The zero-order valence-electron chi connectivity index (χ0n) is 18.2. The van der Waals surface area contributed by atoms with Gasteiger partial charge in [0.25, 0.3) is 0 Å². The Labute approximate surface area is 186 Å². The molecule has 0 bridgehead atoms. The van der Waals surface area contributed by atoms with E-state index in [0.29, 0.717) is 12.5 Å². The zero-order valence-corrected chi connectivity index (χ0v) is 19.0. The van der Waals surface area contributed by atoms with Gasteiger partial charge in [-0.05, 0) is 55.7 Å². The molecule has 2 aromatic rings. The summed E-state index contributed by atoms with van der Waals surface area (Å²) in [6.07, 6.45) is 10.3. The van der Waals surface area contributed by atoms with Crippen molar-refractivity contribution >= 4 is 15.7 Å². The van der Waals surface area contributed by atoms with Crippen LogP contribution in [0.5, 0.6) is 0 Å². The summed E-state index contributed by atoms with van der Waals surface area (Å²) in [4.78, 5) is 6.52. The van der Waals surface area contributed by atoms with Crippen LogP contribution in [0, 0.1) is 5.92 Å². The molecule has 0 spiro atoms. The number of hydrogen-bond acceptors (Lipinski definition) is 5. The molecule has 0 amide bonds. The lowest BCUT2D eigenvalue weighted by atomic mass is 9.82. The molecule has 1 aromatic carbocycles. The summed E-state index contributed by atoms with van der Waals surface area (Å²) in [5, 5.41) is 0. The molecular weight excluding hydrogens is 410 g/mol. The Morgan fingerprint density at radius 1 is 1.06 bits per heavy atom. The summed E-state index contributed by atoms with van der Waals surface area (Å²) in [5.41, 5.74) is 2.51. The Morgan fingerprint density at radius 2 is 1.84 bits per heavy atom. The van der Waals surface area contributed by atoms with Gasteiger partial charge in [-0.2, -0.15) is 0 Å². The molecule has 2 aliphatic rings. The first-order chi connectivity index (χ1) is 15.0. The van der Waals surface area contributed by atoms with Crippen LogP contribution in [-0.2, 0) is 14.8 Å². The number of nitrogens with zero attached hydrogens (tertiary/aromatic N) is 2. The van der Waals surface area contributed by atoms with Crippen LogP contribution >= 0.6 is 0 Å². The van der Waals surface area contributed by atoms with Crippen molar-refractivity contribution in [3.63, 3.8) is 0 Å². The van der Waals surface area contributed by atoms with Crippen molar-refractivity contribution in [1.29, 1.82) is 0 Å². The topological polar surface area (TPSA) is 71.5 Å². The highest BCUT2D eigenvalue weighted by atomic mass is 32.2. The Kier molecular flexibility index (Phi) is 7.25. The van der Waals surface area contributed by atoms with Gasteiger partial charge in [0, 0.05) is 31.2 Å². The van der Waals surface area contributed by atoms with Crippen molar-refractivity contribution in [3.05, 3.63) is 60.4 Å². The van der Waals surface area contributed by atoms with Crippen LogP contribution in [0.3, 0.4) is 0 Å². The largest absolute Gasteiger partial charge is 0.378 e. The van der Waals surface area contributed by atoms with E-state index < -0.39 is 10.0 Å². The molecule has 2 heterocycles. The highest BCUT2D eigenvalue weighted by molar-refractivity contribution is 7.88. The maximum atomic E-state index is 11.9. The lowest BCUT2D eigenvalue weighted by Gasteiger charge is -2.40. The van der Waals surface area contributed by atoms with E-state index in [1.165, 1.54) is 11.8 Å². The fraction of sp³-hybridized carbons (Fsp3) is 0.542. The maximum absolute atomic E-state index is 11.9. The molecule has 6 nitrogen and oxygen atoms in total. The molecule has 1 N–H and O–H groups in total. The molecule has 2 unspecified atom stereocenters. The van der Waals surface area contributed by atoms with Crippen molar-refractivity contribution in [1.82, 2.24) is 9.71 Å². The summed E-state index contributed by atoms with van der Waals surface area (Å²) in [5.74, 6) is 0.729. The highest BCUT2D eigenvalue weighted by Crippen LogP contribution is 2.34. The molecule has 1 aliphatic carbocycles. The van der Waals surface area contributed by atoms with Gasteiger partial charge in [-0.1, -0.05) is 30.3 Å². The van der Waals surface area contributed by atoms with Gasteiger partial charge >= 0.3 is 0 Å². The Hall–Kier alpha value is -1.96. The van der Waals surface area contributed by atoms with Gasteiger partial charge < -0.3 is 9.64 Å². The summed E-state index contributed by atoms with van der Waals surface area (Å²) in [6.45, 7) is 2.14. The number of pyridine rings is 1. The first kappa shape index (κ1) is 22.2. The predicted molar refractivity (Wildman–Crippen MR) is 124 cm³/mol. The Morgan fingerprint density at radius 3 is 2.52 bits per heavy atom. The molecule has 168 valence electrons. The van der Waals surface area contributed by atoms with E-state index in [1.54, 1.807) is 6.20 Å². The van der Waals surface area contributed by atoms with E-state index in [9.17, 15) is 8.42 Å². The summed E-state index contributed by atoms with van der Waals surface area (Å²) >= 11 is 0. The first-order valence-corrected chi connectivity index (χ1v) is 13.2. The third-order valence-corrected chi connectivity index (χ3v) is 7.33. The fourth-order valence-corrected chi connectivity index (χ4v) is 5.81. The van der Waals surface area contributed by atoms with Crippen molar-refractivity contribution in [3.8, 4) is 0 Å². The lowest BCUT2D eigenvalue weighted by molar-refractivity contribution is -0.00210. The summed E-state index contributed by atoms with van der Waals surface area (Å²) in [6, 6.07) is 14.6. The van der Waals surface area contributed by atoms with Gasteiger partial charge in [0.2, 0.25) is 10.0 Å². The smallest absolute Gasteiger partial charge is 0.208 e. The molecule has 4 rings (SSSR count). The van der Waals surface area contributed by atoms with E-state index in [4.69, 9.17) is 4.74 Å². The van der Waals surface area contributed by atoms with Gasteiger partial charge in [-0.3, -0.25) is 4.98 Å². The molecular formula is C24H33N3O3S. The number of ether oxygens (including phenoxy) is 1. The normalized spacial score (nSPS) is 27.2. The van der Waals surface area contributed by atoms with Gasteiger partial charge in [0.1, 0.15) is 0 Å². The lowest BCUT2D eigenvalue weighted by Crippen LogP contribution is -2.52. The van der Waals surface area contributed by atoms with Crippen LogP contribution in [0.4, 0.5) is 5.69 Å². The molecule has 1 aromatic heterocycles. The van der Waals surface area contributed by atoms with Crippen LogP contribution < -0.4 is 9.62 Å². The standard InChI is InChI=1S/C24H33N3O3S/c1-31(28,29)26-24-13-15-27(22-8-5-14-25-16-22)17-21(24)18-30-23-11-9-20(10-12-23)19-6-3-2-4-7-19/h2-8,14,16,20-21,23-24,26H,9-13,15,17-18H2,1H3. The van der Waals surface area contributed by atoms with Gasteiger partial charge in [0.05, 0.1) is 30.9 Å². The average molecular weight is 444 g/mol. The summed E-state index contributed by atoms with van der Waals surface area (Å²) in [7, 11) is -3.26. The zero-order chi connectivity index (χ0) is 21.7. The second-order valence-electron chi connectivity index (χ2n) is 8.92. The van der Waals surface area contributed by atoms with Gasteiger partial charge in [0.15, 0.2) is 0 Å². The number of piperidine rings is 1. The number of benzene rings is 1. The predicted octanol–water partition coefficient (Wildman–Crippen LogP) is 3.57. The van der Waals surface area contributed by atoms with E-state index in [0.717, 1.165) is 50.9 Å². The fourth-order valence-electron chi connectivity index (χ4n) is 4.95. The minimum atomic E-state index is -3.26. The summed E-state index contributed by atoms with van der Waals surface area (Å²) < 4.78 is 33.0. The van der Waals surface area contributed by atoms with E-state index in [2.05, 4.69) is 51.0 Å². The SMILES string of the molecule is CS(=O)(=O)NC1CCN(c2cccnc2)CC1COC1CCC(c2ccccc2)CC1. The van der Waals surface area contributed by atoms with Crippen molar-refractivity contribution in [2.24, 2.45) is 5.92 Å². The number of anilines is 1. The Bertz CT molecular complexity index is 916. The molecule has 1 aliphatic heterocycles. The minimum absolute atomic E-state index is 0.0939. The monoisotopic (exact) mass is 443 g/mol. The van der Waals surface area contributed by atoms with Crippen LogP contribution in [-0.4, -0.2) is 51.5 Å². The van der Waals surface area contributed by atoms with Crippen LogP contribution in [0.1, 0.15) is 43.6 Å². The van der Waals surface area contributed by atoms with Crippen LogP contribution in [0.15, 0.2) is 54.9 Å². The second-order valence-corrected chi connectivity index (χ2v) is 10.7. The number of hydrogen-bond donors (Lipinski definition) is 1. The molecule has 31 heavy (non-hydrogen) atoms. The minimum Gasteiger partial charge on any atom is -0.378 e. The van der Waals surface area contributed by atoms with E-state index in [-0.39, 0.29) is 18.1 Å². The first-order valence-electron chi connectivity index (χ1n) is 11.3. The second kappa shape index (κ2) is 10.1. The van der Waals surface area contributed by atoms with E-state index >= 15 is 0 Å². The molecule has 1 saturated heterocycles. The number of nitrogens with one attached hydrogen (secondary N) is 1. The quantitative estimate of drug-likeness (QED) is 0.708. The third kappa shape index (κ3) is 6.28. The van der Waals surface area contributed by atoms with Crippen molar-refractivity contribution < 1.29 is 13.2 Å². The maximum Gasteiger partial charge on any atom is 0.208 e. The molecule has 2 atom stereocenters. The molecule has 7 heteroatoms. The third-order valence-electron chi connectivity index (χ3n) is 6.60. The molecule has 0 radical (unpaired) electrons. The van der Waals surface area contributed by atoms with Gasteiger partial charge in [-0.25, -0.2) is 13.1 Å². The van der Waals surface area contributed by atoms with E-state index in [1.807, 2.05) is 12.3 Å². The number of sulfonamides is 1. The number of aromatic nitrogens is 1. The molecule has 2 fully saturated rings. The number of rotatable bonds is 7. The average Bonchev–Trinajstić information content (AvgIpc) is 2.79. The van der Waals surface area contributed by atoms with Gasteiger partial charge in [-0.15, -0.1) is 0 Å².